The molecule has 2 amide bonds. The second-order valence-electron chi connectivity index (χ2n) is 5.92. The van der Waals surface area contributed by atoms with Gasteiger partial charge in [-0.25, -0.2) is 4.79 Å². The van der Waals surface area contributed by atoms with Crippen molar-refractivity contribution in [3.63, 3.8) is 0 Å². The van der Waals surface area contributed by atoms with Gasteiger partial charge in [0.1, 0.15) is 6.61 Å². The van der Waals surface area contributed by atoms with Crippen molar-refractivity contribution >= 4 is 29.4 Å². The van der Waals surface area contributed by atoms with Crippen LogP contribution in [0.15, 0.2) is 48.5 Å². The Kier molecular flexibility index (Phi) is 5.14. The highest BCUT2D eigenvalue weighted by atomic mass is 35.5. The van der Waals surface area contributed by atoms with Crippen molar-refractivity contribution < 1.29 is 19.1 Å². The molecular formula is C19H16ClNO4. The van der Waals surface area contributed by atoms with E-state index in [9.17, 15) is 14.4 Å². The third-order valence-electron chi connectivity index (χ3n) is 4.02. The highest BCUT2D eigenvalue weighted by Gasteiger charge is 2.30. The number of carbonyl (C=O) groups is 3. The SMILES string of the molecule is O=C1CC(Cc2ccc(C(=O)OCc3ccc(Cl)cc3)cc2)C(=O)N1. The fraction of sp³-hybridized carbons (Fsp3) is 0.211. The summed E-state index contributed by atoms with van der Waals surface area (Å²) in [5, 5.41) is 2.92. The molecule has 5 nitrogen and oxygen atoms in total. The van der Waals surface area contributed by atoms with Crippen LogP contribution in [0.5, 0.6) is 0 Å². The summed E-state index contributed by atoms with van der Waals surface area (Å²) in [7, 11) is 0. The molecular weight excluding hydrogens is 342 g/mol. The van der Waals surface area contributed by atoms with E-state index in [0.29, 0.717) is 17.0 Å². The molecule has 1 heterocycles. The topological polar surface area (TPSA) is 72.5 Å². The first-order valence-electron chi connectivity index (χ1n) is 7.85. The summed E-state index contributed by atoms with van der Waals surface area (Å²) in [6.45, 7) is 0.169. The van der Waals surface area contributed by atoms with Crippen molar-refractivity contribution in [3.05, 3.63) is 70.2 Å². The molecule has 2 aromatic carbocycles. The van der Waals surface area contributed by atoms with Crippen LogP contribution in [0.3, 0.4) is 0 Å². The lowest BCUT2D eigenvalue weighted by Crippen LogP contribution is -2.22. The molecule has 6 heteroatoms. The monoisotopic (exact) mass is 357 g/mol. The van der Waals surface area contributed by atoms with Crippen molar-refractivity contribution in [2.45, 2.75) is 19.4 Å². The molecule has 0 spiro atoms. The minimum atomic E-state index is -0.421. The molecule has 0 aromatic heterocycles. The van der Waals surface area contributed by atoms with E-state index >= 15 is 0 Å². The molecule has 128 valence electrons. The van der Waals surface area contributed by atoms with Gasteiger partial charge in [-0.3, -0.25) is 14.9 Å². The number of imide groups is 1. The highest BCUT2D eigenvalue weighted by molar-refractivity contribution is 6.30. The standard InChI is InChI=1S/C19H16ClNO4/c20-16-7-3-13(4-8-16)11-25-19(24)14-5-1-12(2-6-14)9-15-10-17(22)21-18(15)23/h1-8,15H,9-11H2,(H,21,22,23). The Bertz CT molecular complexity index is 799. The minimum Gasteiger partial charge on any atom is -0.457 e. The normalized spacial score (nSPS) is 16.6. The number of hydrogen-bond acceptors (Lipinski definition) is 4. The molecule has 3 rings (SSSR count). The molecule has 1 atom stereocenters. The lowest BCUT2D eigenvalue weighted by atomic mass is 9.97. The van der Waals surface area contributed by atoms with E-state index in [4.69, 9.17) is 16.3 Å². The van der Waals surface area contributed by atoms with Crippen molar-refractivity contribution in [2.75, 3.05) is 0 Å². The average molecular weight is 358 g/mol. The molecule has 0 aliphatic carbocycles. The van der Waals surface area contributed by atoms with Gasteiger partial charge >= 0.3 is 5.97 Å². The zero-order valence-electron chi connectivity index (χ0n) is 13.3. The summed E-state index contributed by atoms with van der Waals surface area (Å²) in [6, 6.07) is 13.9. The van der Waals surface area contributed by atoms with Gasteiger partial charge in [0.15, 0.2) is 0 Å². The van der Waals surface area contributed by atoms with E-state index in [-0.39, 0.29) is 30.8 Å². The number of benzene rings is 2. The molecule has 0 saturated carbocycles. The number of carbonyl (C=O) groups excluding carboxylic acids is 3. The van der Waals surface area contributed by atoms with Crippen molar-refractivity contribution in [1.29, 1.82) is 0 Å². The largest absolute Gasteiger partial charge is 0.457 e. The fourth-order valence-electron chi connectivity index (χ4n) is 2.65. The van der Waals surface area contributed by atoms with Crippen molar-refractivity contribution in [2.24, 2.45) is 5.92 Å². The third kappa shape index (κ3) is 4.45. The van der Waals surface area contributed by atoms with Crippen LogP contribution in [0, 0.1) is 5.92 Å². The Morgan fingerprint density at radius 2 is 1.68 bits per heavy atom. The number of rotatable bonds is 5. The summed E-state index contributed by atoms with van der Waals surface area (Å²) in [5.41, 5.74) is 2.18. The maximum absolute atomic E-state index is 12.1. The van der Waals surface area contributed by atoms with Crippen molar-refractivity contribution in [1.82, 2.24) is 5.32 Å². The summed E-state index contributed by atoms with van der Waals surface area (Å²) >= 11 is 5.81. The van der Waals surface area contributed by atoms with E-state index in [1.54, 1.807) is 48.5 Å². The molecule has 0 radical (unpaired) electrons. The lowest BCUT2D eigenvalue weighted by Gasteiger charge is -2.08. The Labute approximate surface area is 149 Å². The Hall–Kier alpha value is -2.66. The van der Waals surface area contributed by atoms with Gasteiger partial charge in [0.05, 0.1) is 11.5 Å². The fourth-order valence-corrected chi connectivity index (χ4v) is 2.77. The van der Waals surface area contributed by atoms with Gasteiger partial charge in [-0.15, -0.1) is 0 Å². The maximum Gasteiger partial charge on any atom is 0.338 e. The van der Waals surface area contributed by atoms with Crippen LogP contribution in [0.4, 0.5) is 0 Å². The number of nitrogens with one attached hydrogen (secondary N) is 1. The molecule has 0 bridgehead atoms. The molecule has 1 unspecified atom stereocenters. The predicted molar refractivity (Wildman–Crippen MR) is 92.0 cm³/mol. The second-order valence-corrected chi connectivity index (χ2v) is 6.35. The van der Waals surface area contributed by atoms with Gasteiger partial charge in [0.2, 0.25) is 11.8 Å². The quantitative estimate of drug-likeness (QED) is 0.659. The van der Waals surface area contributed by atoms with E-state index in [2.05, 4.69) is 5.32 Å². The molecule has 1 saturated heterocycles. The van der Waals surface area contributed by atoms with Crippen LogP contribution in [-0.4, -0.2) is 17.8 Å². The summed E-state index contributed by atoms with van der Waals surface area (Å²) in [4.78, 5) is 34.9. The zero-order valence-corrected chi connectivity index (χ0v) is 14.1. The van der Waals surface area contributed by atoms with E-state index < -0.39 is 5.97 Å². The van der Waals surface area contributed by atoms with Gasteiger partial charge in [-0.1, -0.05) is 35.9 Å². The van der Waals surface area contributed by atoms with Crippen LogP contribution in [0.25, 0.3) is 0 Å². The Balaban J connectivity index is 1.56. The van der Waals surface area contributed by atoms with Gasteiger partial charge < -0.3 is 4.74 Å². The van der Waals surface area contributed by atoms with Gasteiger partial charge in [0, 0.05) is 11.4 Å². The zero-order chi connectivity index (χ0) is 17.8. The molecule has 2 aromatic rings. The summed E-state index contributed by atoms with van der Waals surface area (Å²) in [6.07, 6.45) is 0.682. The number of esters is 1. The average Bonchev–Trinajstić information content (AvgIpc) is 2.92. The molecule has 1 N–H and O–H groups in total. The molecule has 1 fully saturated rings. The van der Waals surface area contributed by atoms with Crippen LogP contribution >= 0.6 is 11.6 Å². The smallest absolute Gasteiger partial charge is 0.338 e. The van der Waals surface area contributed by atoms with Gasteiger partial charge in [-0.05, 0) is 41.8 Å². The number of halogens is 1. The first-order valence-corrected chi connectivity index (χ1v) is 8.23. The van der Waals surface area contributed by atoms with Gasteiger partial charge in [0.25, 0.3) is 0 Å². The predicted octanol–water partition coefficient (Wildman–Crippen LogP) is 2.90. The Morgan fingerprint density at radius 1 is 1.04 bits per heavy atom. The second kappa shape index (κ2) is 7.49. The number of hydrogen-bond donors (Lipinski definition) is 1. The number of ether oxygens (including phenoxy) is 1. The highest BCUT2D eigenvalue weighted by Crippen LogP contribution is 2.18. The molecule has 25 heavy (non-hydrogen) atoms. The third-order valence-corrected chi connectivity index (χ3v) is 4.27. The van der Waals surface area contributed by atoms with E-state index in [0.717, 1.165) is 11.1 Å². The van der Waals surface area contributed by atoms with Gasteiger partial charge in [-0.2, -0.15) is 0 Å². The number of amides is 2. The first-order chi connectivity index (χ1) is 12.0. The van der Waals surface area contributed by atoms with E-state index in [1.807, 2.05) is 0 Å². The minimum absolute atomic E-state index is 0.169. The van der Waals surface area contributed by atoms with Crippen LogP contribution < -0.4 is 5.32 Å². The lowest BCUT2D eigenvalue weighted by molar-refractivity contribution is -0.125. The molecule has 1 aliphatic heterocycles. The van der Waals surface area contributed by atoms with E-state index in [1.165, 1.54) is 0 Å². The van der Waals surface area contributed by atoms with Crippen molar-refractivity contribution in [3.8, 4) is 0 Å². The maximum atomic E-state index is 12.1. The molecule has 1 aliphatic rings. The summed E-state index contributed by atoms with van der Waals surface area (Å²) in [5.74, 6) is -1.24. The van der Waals surface area contributed by atoms with Crippen LogP contribution in [-0.2, 0) is 27.4 Å². The van der Waals surface area contributed by atoms with Crippen LogP contribution in [0.1, 0.15) is 27.9 Å². The Morgan fingerprint density at radius 3 is 2.28 bits per heavy atom. The van der Waals surface area contributed by atoms with Crippen LogP contribution in [0.2, 0.25) is 5.02 Å². The first kappa shape index (κ1) is 17.2. The summed E-state index contributed by atoms with van der Waals surface area (Å²) < 4.78 is 5.27.